The van der Waals surface area contributed by atoms with Crippen LogP contribution < -0.4 is 5.32 Å². The Morgan fingerprint density at radius 1 is 1.44 bits per heavy atom. The molecule has 2 N–H and O–H groups in total. The van der Waals surface area contributed by atoms with Gasteiger partial charge in [-0.25, -0.2) is 9.37 Å². The first-order valence-corrected chi connectivity index (χ1v) is 6.26. The average Bonchev–Trinajstić information content (AvgIpc) is 3.05. The summed E-state index contributed by atoms with van der Waals surface area (Å²) in [6.07, 6.45) is 4.39. The number of benzene rings is 1. The number of imidazole rings is 1. The van der Waals surface area contributed by atoms with Crippen LogP contribution in [-0.4, -0.2) is 16.0 Å². The lowest BCUT2D eigenvalue weighted by atomic mass is 10.1. The number of aromatic nitrogens is 2. The minimum absolute atomic E-state index is 0.210. The van der Waals surface area contributed by atoms with Crippen LogP contribution in [0.15, 0.2) is 24.4 Å². The minimum atomic E-state index is -0.210. The van der Waals surface area contributed by atoms with Crippen LogP contribution in [0, 0.1) is 12.7 Å². The molecule has 0 radical (unpaired) electrons. The van der Waals surface area contributed by atoms with Gasteiger partial charge in [0.2, 0.25) is 0 Å². The van der Waals surface area contributed by atoms with Crippen LogP contribution in [0.2, 0.25) is 0 Å². The van der Waals surface area contributed by atoms with E-state index < -0.39 is 0 Å². The molecule has 94 valence electrons. The molecule has 0 bridgehead atoms. The molecule has 0 amide bonds. The maximum absolute atomic E-state index is 13.0. The van der Waals surface area contributed by atoms with Crippen molar-refractivity contribution in [1.29, 1.82) is 0 Å². The number of halogens is 1. The van der Waals surface area contributed by atoms with E-state index in [2.05, 4.69) is 15.3 Å². The van der Waals surface area contributed by atoms with E-state index in [4.69, 9.17) is 0 Å². The summed E-state index contributed by atoms with van der Waals surface area (Å²) in [5, 5.41) is 3.43. The zero-order valence-corrected chi connectivity index (χ0v) is 10.3. The maximum atomic E-state index is 13.0. The number of rotatable bonds is 4. The fourth-order valence-electron chi connectivity index (χ4n) is 2.02. The second kappa shape index (κ2) is 4.53. The first-order chi connectivity index (χ1) is 8.72. The van der Waals surface area contributed by atoms with Gasteiger partial charge in [0, 0.05) is 30.0 Å². The highest BCUT2D eigenvalue weighted by atomic mass is 19.1. The fraction of sp³-hybridized carbons (Fsp3) is 0.357. The smallest absolute Gasteiger partial charge is 0.137 e. The molecule has 4 heteroatoms. The Bertz CT molecular complexity index is 558. The largest absolute Gasteiger partial charge is 0.341 e. The van der Waals surface area contributed by atoms with Gasteiger partial charge < -0.3 is 10.3 Å². The van der Waals surface area contributed by atoms with E-state index in [1.165, 1.54) is 25.0 Å². The van der Waals surface area contributed by atoms with Crippen molar-refractivity contribution < 1.29 is 4.39 Å². The molecule has 1 aliphatic rings. The molecule has 1 fully saturated rings. The van der Waals surface area contributed by atoms with Crippen LogP contribution in [0.3, 0.4) is 0 Å². The summed E-state index contributed by atoms with van der Waals surface area (Å²) in [5.41, 5.74) is 2.92. The molecular weight excluding hydrogens is 229 g/mol. The van der Waals surface area contributed by atoms with Crippen molar-refractivity contribution in [3.63, 3.8) is 0 Å². The van der Waals surface area contributed by atoms with E-state index in [-0.39, 0.29) is 5.82 Å². The van der Waals surface area contributed by atoms with Crippen molar-refractivity contribution in [1.82, 2.24) is 15.3 Å². The quantitative estimate of drug-likeness (QED) is 0.869. The zero-order valence-electron chi connectivity index (χ0n) is 10.3. The molecule has 0 unspecified atom stereocenters. The second-order valence-electron chi connectivity index (χ2n) is 4.87. The fourth-order valence-corrected chi connectivity index (χ4v) is 2.02. The number of nitrogens with one attached hydrogen (secondary N) is 2. The van der Waals surface area contributed by atoms with Gasteiger partial charge >= 0.3 is 0 Å². The number of hydrogen-bond donors (Lipinski definition) is 2. The predicted molar refractivity (Wildman–Crippen MR) is 68.6 cm³/mol. The predicted octanol–water partition coefficient (Wildman–Crippen LogP) is 2.78. The molecule has 0 atom stereocenters. The Balaban J connectivity index is 1.78. The molecule has 1 aromatic carbocycles. The lowest BCUT2D eigenvalue weighted by Crippen LogP contribution is -2.15. The van der Waals surface area contributed by atoms with Crippen molar-refractivity contribution >= 4 is 0 Å². The minimum Gasteiger partial charge on any atom is -0.341 e. The summed E-state index contributed by atoms with van der Waals surface area (Å²) in [7, 11) is 0. The highest BCUT2D eigenvalue weighted by Crippen LogP contribution is 2.22. The van der Waals surface area contributed by atoms with Crippen molar-refractivity contribution in [2.24, 2.45) is 0 Å². The van der Waals surface area contributed by atoms with Crippen LogP contribution in [-0.2, 0) is 6.54 Å². The van der Waals surface area contributed by atoms with Gasteiger partial charge in [0.1, 0.15) is 11.6 Å². The van der Waals surface area contributed by atoms with Crippen LogP contribution in [0.25, 0.3) is 11.4 Å². The van der Waals surface area contributed by atoms with Gasteiger partial charge in [0.25, 0.3) is 0 Å². The first-order valence-electron chi connectivity index (χ1n) is 6.26. The van der Waals surface area contributed by atoms with E-state index in [0.29, 0.717) is 6.04 Å². The van der Waals surface area contributed by atoms with Crippen molar-refractivity contribution in [2.45, 2.75) is 32.4 Å². The molecule has 2 aromatic rings. The molecule has 0 aliphatic heterocycles. The van der Waals surface area contributed by atoms with Crippen LogP contribution >= 0.6 is 0 Å². The van der Waals surface area contributed by atoms with Crippen LogP contribution in [0.1, 0.15) is 24.1 Å². The van der Waals surface area contributed by atoms with Gasteiger partial charge in [0.05, 0.1) is 0 Å². The normalized spacial score (nSPS) is 15.0. The molecule has 3 rings (SSSR count). The average molecular weight is 245 g/mol. The Morgan fingerprint density at radius 3 is 3.00 bits per heavy atom. The van der Waals surface area contributed by atoms with Gasteiger partial charge in [-0.3, -0.25) is 0 Å². The van der Waals surface area contributed by atoms with Gasteiger partial charge in [0.15, 0.2) is 0 Å². The molecule has 1 aromatic heterocycles. The van der Waals surface area contributed by atoms with Crippen LogP contribution in [0.4, 0.5) is 4.39 Å². The molecular formula is C14H16FN3. The van der Waals surface area contributed by atoms with E-state index in [1.54, 1.807) is 6.07 Å². The molecule has 3 nitrogen and oxygen atoms in total. The number of hydrogen-bond acceptors (Lipinski definition) is 2. The molecule has 0 saturated heterocycles. The van der Waals surface area contributed by atoms with Crippen molar-refractivity contribution in [2.75, 3.05) is 0 Å². The summed E-state index contributed by atoms with van der Waals surface area (Å²) in [4.78, 5) is 7.63. The van der Waals surface area contributed by atoms with Gasteiger partial charge in [-0.2, -0.15) is 0 Å². The Kier molecular flexibility index (Phi) is 2.88. The van der Waals surface area contributed by atoms with E-state index in [9.17, 15) is 4.39 Å². The molecule has 1 heterocycles. The van der Waals surface area contributed by atoms with Gasteiger partial charge in [-0.15, -0.1) is 0 Å². The van der Waals surface area contributed by atoms with Crippen molar-refractivity contribution in [3.8, 4) is 11.4 Å². The Labute approximate surface area is 105 Å². The van der Waals surface area contributed by atoms with Gasteiger partial charge in [-0.05, 0) is 43.5 Å². The Morgan fingerprint density at radius 2 is 2.28 bits per heavy atom. The zero-order chi connectivity index (χ0) is 12.5. The van der Waals surface area contributed by atoms with E-state index in [1.807, 2.05) is 13.1 Å². The number of nitrogens with zero attached hydrogens (tertiary/aromatic N) is 1. The Hall–Kier alpha value is -1.68. The molecule has 1 aliphatic carbocycles. The summed E-state index contributed by atoms with van der Waals surface area (Å²) < 4.78 is 13.0. The summed E-state index contributed by atoms with van der Waals surface area (Å²) in [6, 6.07) is 5.44. The molecule has 18 heavy (non-hydrogen) atoms. The summed E-state index contributed by atoms with van der Waals surface area (Å²) in [5.74, 6) is 0.596. The topological polar surface area (TPSA) is 40.7 Å². The number of aromatic amines is 1. The van der Waals surface area contributed by atoms with Crippen molar-refractivity contribution in [3.05, 3.63) is 41.5 Å². The standard InChI is InChI=1S/C14H16FN3/c1-9-6-10(15)2-5-13(9)14-17-8-12(18-14)7-16-11-3-4-11/h2,5-6,8,11,16H,3-4,7H2,1H3,(H,17,18). The lowest BCUT2D eigenvalue weighted by molar-refractivity contribution is 0.627. The summed E-state index contributed by atoms with van der Waals surface area (Å²) in [6.45, 7) is 2.71. The third-order valence-corrected chi connectivity index (χ3v) is 3.23. The van der Waals surface area contributed by atoms with Crippen LogP contribution in [0.5, 0.6) is 0 Å². The lowest BCUT2D eigenvalue weighted by Gasteiger charge is -2.02. The second-order valence-corrected chi connectivity index (χ2v) is 4.87. The highest BCUT2D eigenvalue weighted by molar-refractivity contribution is 5.60. The molecule has 0 spiro atoms. The van der Waals surface area contributed by atoms with E-state index >= 15 is 0 Å². The SMILES string of the molecule is Cc1cc(F)ccc1-c1ncc(CNC2CC2)[nH]1. The summed E-state index contributed by atoms with van der Waals surface area (Å²) >= 11 is 0. The number of H-pyrrole nitrogens is 1. The third-order valence-electron chi connectivity index (χ3n) is 3.23. The first kappa shape index (κ1) is 11.4. The monoisotopic (exact) mass is 245 g/mol. The number of aryl methyl sites for hydroxylation is 1. The van der Waals surface area contributed by atoms with E-state index in [0.717, 1.165) is 29.2 Å². The highest BCUT2D eigenvalue weighted by Gasteiger charge is 2.20. The third kappa shape index (κ3) is 2.43. The van der Waals surface area contributed by atoms with Gasteiger partial charge in [-0.1, -0.05) is 0 Å². The molecule has 1 saturated carbocycles. The maximum Gasteiger partial charge on any atom is 0.137 e.